The Hall–Kier alpha value is -0.610. The third-order valence-electron chi connectivity index (χ3n) is 2.93. The van der Waals surface area contributed by atoms with Crippen molar-refractivity contribution in [3.05, 3.63) is 0 Å². The molecule has 1 rings (SSSR count). The van der Waals surface area contributed by atoms with Crippen LogP contribution in [0.4, 0.5) is 0 Å². The molecule has 0 bridgehead atoms. The molecule has 1 fully saturated rings. The molecule has 3 N–H and O–H groups in total. The van der Waals surface area contributed by atoms with Gasteiger partial charge in [0.1, 0.15) is 0 Å². The quantitative estimate of drug-likeness (QED) is 0.671. The van der Waals surface area contributed by atoms with Crippen LogP contribution in [0.3, 0.4) is 0 Å². The van der Waals surface area contributed by atoms with E-state index in [1.165, 1.54) is 0 Å². The Labute approximate surface area is 85.1 Å². The fourth-order valence-electron chi connectivity index (χ4n) is 1.93. The molecule has 4 heteroatoms. The molecule has 1 heterocycles. The van der Waals surface area contributed by atoms with Crippen LogP contribution in [0.15, 0.2) is 0 Å². The standard InChI is InChI=1S/C10H20N2O2/c1-2-8-7-12(6-4-9(8)13)10(14)3-5-11/h8-9,13H,2-7,11H2,1H3/t8-,9-/m1/s1. The maximum Gasteiger partial charge on any atom is 0.223 e. The number of carbonyl (C=O) groups is 1. The first-order chi connectivity index (χ1) is 6.69. The maximum absolute atomic E-state index is 11.5. The lowest BCUT2D eigenvalue weighted by molar-refractivity contribution is -0.134. The minimum atomic E-state index is -0.234. The molecule has 2 atom stereocenters. The molecule has 0 aromatic carbocycles. The molecule has 14 heavy (non-hydrogen) atoms. The smallest absolute Gasteiger partial charge is 0.223 e. The fourth-order valence-corrected chi connectivity index (χ4v) is 1.93. The van der Waals surface area contributed by atoms with Gasteiger partial charge in [0.25, 0.3) is 0 Å². The highest BCUT2D eigenvalue weighted by Gasteiger charge is 2.28. The number of nitrogens with zero attached hydrogens (tertiary/aromatic N) is 1. The van der Waals surface area contributed by atoms with Gasteiger partial charge in [-0.15, -0.1) is 0 Å². The SMILES string of the molecule is CC[C@@H]1CN(C(=O)CCN)CC[C@H]1O. The van der Waals surface area contributed by atoms with E-state index in [-0.39, 0.29) is 17.9 Å². The molecule has 0 aromatic rings. The molecule has 1 saturated heterocycles. The molecule has 0 aromatic heterocycles. The molecular weight excluding hydrogens is 180 g/mol. The third kappa shape index (κ3) is 2.69. The highest BCUT2D eigenvalue weighted by molar-refractivity contribution is 5.76. The summed E-state index contributed by atoms with van der Waals surface area (Å²) < 4.78 is 0. The van der Waals surface area contributed by atoms with Gasteiger partial charge in [0.15, 0.2) is 0 Å². The summed E-state index contributed by atoms with van der Waals surface area (Å²) in [6.07, 6.45) is 1.82. The zero-order valence-electron chi connectivity index (χ0n) is 8.78. The van der Waals surface area contributed by atoms with Crippen molar-refractivity contribution in [2.24, 2.45) is 11.7 Å². The first-order valence-electron chi connectivity index (χ1n) is 5.35. The summed E-state index contributed by atoms with van der Waals surface area (Å²) in [6.45, 7) is 3.83. The zero-order valence-corrected chi connectivity index (χ0v) is 8.78. The zero-order chi connectivity index (χ0) is 10.6. The maximum atomic E-state index is 11.5. The van der Waals surface area contributed by atoms with E-state index < -0.39 is 0 Å². The van der Waals surface area contributed by atoms with Crippen LogP contribution in [0.5, 0.6) is 0 Å². The van der Waals surface area contributed by atoms with Crippen LogP contribution in [0.25, 0.3) is 0 Å². The van der Waals surface area contributed by atoms with Gasteiger partial charge in [-0.3, -0.25) is 4.79 Å². The Bertz CT molecular complexity index is 197. The number of likely N-dealkylation sites (tertiary alicyclic amines) is 1. The van der Waals surface area contributed by atoms with Crippen LogP contribution in [-0.2, 0) is 4.79 Å². The highest BCUT2D eigenvalue weighted by Crippen LogP contribution is 2.20. The second-order valence-electron chi connectivity index (χ2n) is 3.90. The van der Waals surface area contributed by atoms with Crippen molar-refractivity contribution in [2.45, 2.75) is 32.3 Å². The predicted molar refractivity (Wildman–Crippen MR) is 54.7 cm³/mol. The Morgan fingerprint density at radius 2 is 2.36 bits per heavy atom. The molecule has 1 amide bonds. The molecule has 0 radical (unpaired) electrons. The lowest BCUT2D eigenvalue weighted by atomic mass is 9.92. The summed E-state index contributed by atoms with van der Waals surface area (Å²) in [6, 6.07) is 0. The third-order valence-corrected chi connectivity index (χ3v) is 2.93. The van der Waals surface area contributed by atoms with Gasteiger partial charge in [0, 0.05) is 32.0 Å². The number of carbonyl (C=O) groups excluding carboxylic acids is 1. The molecule has 0 spiro atoms. The van der Waals surface area contributed by atoms with Crippen molar-refractivity contribution in [3.63, 3.8) is 0 Å². The number of rotatable bonds is 3. The summed E-state index contributed by atoms with van der Waals surface area (Å²) >= 11 is 0. The van der Waals surface area contributed by atoms with Gasteiger partial charge in [-0.05, 0) is 12.8 Å². The predicted octanol–water partition coefficient (Wildman–Crippen LogP) is -0.0454. The molecule has 1 aliphatic rings. The Morgan fingerprint density at radius 1 is 1.64 bits per heavy atom. The van der Waals surface area contributed by atoms with E-state index in [9.17, 15) is 9.90 Å². The Morgan fingerprint density at radius 3 is 2.93 bits per heavy atom. The lowest BCUT2D eigenvalue weighted by Crippen LogP contribution is -2.46. The summed E-state index contributed by atoms with van der Waals surface area (Å²) in [5, 5.41) is 9.64. The minimum Gasteiger partial charge on any atom is -0.393 e. The number of nitrogens with two attached hydrogens (primary N) is 1. The number of piperidine rings is 1. The summed E-state index contributed by atoms with van der Waals surface area (Å²) in [7, 11) is 0. The number of hydrogen-bond acceptors (Lipinski definition) is 3. The fraction of sp³-hybridized carbons (Fsp3) is 0.900. The average molecular weight is 200 g/mol. The first kappa shape index (κ1) is 11.5. The van der Waals surface area contributed by atoms with Gasteiger partial charge >= 0.3 is 0 Å². The first-order valence-corrected chi connectivity index (χ1v) is 5.35. The number of hydrogen-bond donors (Lipinski definition) is 2. The Kier molecular flexibility index (Phi) is 4.35. The van der Waals surface area contributed by atoms with E-state index in [1.807, 2.05) is 11.8 Å². The van der Waals surface area contributed by atoms with E-state index in [2.05, 4.69) is 0 Å². The topological polar surface area (TPSA) is 66.6 Å². The molecule has 0 aliphatic carbocycles. The van der Waals surface area contributed by atoms with E-state index in [0.717, 1.165) is 6.42 Å². The van der Waals surface area contributed by atoms with Crippen LogP contribution < -0.4 is 5.73 Å². The largest absolute Gasteiger partial charge is 0.393 e. The van der Waals surface area contributed by atoms with Crippen LogP contribution in [0, 0.1) is 5.92 Å². The monoisotopic (exact) mass is 200 g/mol. The second-order valence-corrected chi connectivity index (χ2v) is 3.90. The summed E-state index contributed by atoms with van der Waals surface area (Å²) in [5.41, 5.74) is 5.33. The van der Waals surface area contributed by atoms with Crippen molar-refractivity contribution >= 4 is 5.91 Å². The van der Waals surface area contributed by atoms with Crippen molar-refractivity contribution in [1.29, 1.82) is 0 Å². The van der Waals surface area contributed by atoms with E-state index >= 15 is 0 Å². The highest BCUT2D eigenvalue weighted by atomic mass is 16.3. The van der Waals surface area contributed by atoms with E-state index in [4.69, 9.17) is 5.73 Å². The van der Waals surface area contributed by atoms with Gasteiger partial charge in [-0.1, -0.05) is 6.92 Å². The molecule has 1 aliphatic heterocycles. The average Bonchev–Trinajstić information content (AvgIpc) is 2.19. The second kappa shape index (κ2) is 5.32. The van der Waals surface area contributed by atoms with Crippen molar-refractivity contribution < 1.29 is 9.90 Å². The molecule has 0 saturated carbocycles. The van der Waals surface area contributed by atoms with Gasteiger partial charge in [0.2, 0.25) is 5.91 Å². The van der Waals surface area contributed by atoms with Gasteiger partial charge in [-0.2, -0.15) is 0 Å². The molecule has 4 nitrogen and oxygen atoms in total. The van der Waals surface area contributed by atoms with Gasteiger partial charge in [-0.25, -0.2) is 0 Å². The van der Waals surface area contributed by atoms with Crippen LogP contribution in [-0.4, -0.2) is 41.7 Å². The molecule has 0 unspecified atom stereocenters. The van der Waals surface area contributed by atoms with Crippen LogP contribution in [0.2, 0.25) is 0 Å². The summed E-state index contributed by atoms with van der Waals surface area (Å²) in [4.78, 5) is 13.4. The minimum absolute atomic E-state index is 0.123. The van der Waals surface area contributed by atoms with E-state index in [1.54, 1.807) is 0 Å². The van der Waals surface area contributed by atoms with E-state index in [0.29, 0.717) is 32.5 Å². The lowest BCUT2D eigenvalue weighted by Gasteiger charge is -2.35. The number of aliphatic hydroxyl groups excluding tert-OH is 1. The Balaban J connectivity index is 2.45. The molecule has 82 valence electrons. The molecular formula is C10H20N2O2. The van der Waals surface area contributed by atoms with Crippen molar-refractivity contribution in [1.82, 2.24) is 4.90 Å². The van der Waals surface area contributed by atoms with Crippen molar-refractivity contribution in [2.75, 3.05) is 19.6 Å². The summed E-state index contributed by atoms with van der Waals surface area (Å²) in [5.74, 6) is 0.364. The van der Waals surface area contributed by atoms with Crippen LogP contribution in [0.1, 0.15) is 26.2 Å². The normalized spacial score (nSPS) is 27.8. The number of aliphatic hydroxyl groups is 1. The van der Waals surface area contributed by atoms with Gasteiger partial charge in [0.05, 0.1) is 6.10 Å². The van der Waals surface area contributed by atoms with Gasteiger partial charge < -0.3 is 15.7 Å². The van der Waals surface area contributed by atoms with Crippen molar-refractivity contribution in [3.8, 4) is 0 Å². The van der Waals surface area contributed by atoms with Crippen LogP contribution >= 0.6 is 0 Å². The number of amides is 1.